The van der Waals surface area contributed by atoms with Crippen LogP contribution in [0.15, 0.2) is 0 Å². The van der Waals surface area contributed by atoms with E-state index >= 15 is 0 Å². The van der Waals surface area contributed by atoms with E-state index in [1.54, 1.807) is 20.8 Å². The van der Waals surface area contributed by atoms with Gasteiger partial charge in [0.15, 0.2) is 0 Å². The summed E-state index contributed by atoms with van der Waals surface area (Å²) in [5, 5.41) is 9.22. The maximum absolute atomic E-state index is 13.5. The molecular formula is C15H24F2N2O4. The van der Waals surface area contributed by atoms with Crippen molar-refractivity contribution in [2.75, 3.05) is 26.2 Å². The largest absolute Gasteiger partial charge is 0.444 e. The van der Waals surface area contributed by atoms with Crippen LogP contribution < -0.4 is 0 Å². The second kappa shape index (κ2) is 6.22. The van der Waals surface area contributed by atoms with E-state index in [4.69, 9.17) is 4.74 Å². The van der Waals surface area contributed by atoms with Crippen LogP contribution in [-0.2, 0) is 9.53 Å². The lowest BCUT2D eigenvalue weighted by Crippen LogP contribution is -2.43. The molecule has 2 rings (SSSR count). The van der Waals surface area contributed by atoms with Crippen molar-refractivity contribution >= 4 is 12.0 Å². The topological polar surface area (TPSA) is 70.1 Å². The van der Waals surface area contributed by atoms with E-state index in [-0.39, 0.29) is 6.54 Å². The summed E-state index contributed by atoms with van der Waals surface area (Å²) in [7, 11) is 0. The van der Waals surface area contributed by atoms with E-state index in [0.717, 1.165) is 4.90 Å². The van der Waals surface area contributed by atoms with Gasteiger partial charge in [-0.15, -0.1) is 0 Å². The molecule has 2 fully saturated rings. The lowest BCUT2D eigenvalue weighted by Gasteiger charge is -2.26. The third-order valence-corrected chi connectivity index (χ3v) is 4.06. The van der Waals surface area contributed by atoms with Crippen LogP contribution in [0.25, 0.3) is 0 Å². The standard InChI is InChI=1S/C15H24F2N2O4/c1-14(2,3)23-13(22)18-5-4-10(7-18)12(21)19-9-15(16,17)6-11(19)8-20/h10-11,20H,4-9H2,1-3H3/t10-,11-/m1/s1. The van der Waals surface area contributed by atoms with E-state index < -0.39 is 55.1 Å². The van der Waals surface area contributed by atoms with Crippen LogP contribution in [0.5, 0.6) is 0 Å². The van der Waals surface area contributed by atoms with Gasteiger partial charge in [-0.1, -0.05) is 0 Å². The molecule has 0 spiro atoms. The second-order valence-corrected chi connectivity index (χ2v) is 7.27. The Hall–Kier alpha value is -1.44. The Balaban J connectivity index is 1.96. The monoisotopic (exact) mass is 334 g/mol. The van der Waals surface area contributed by atoms with Gasteiger partial charge in [-0.3, -0.25) is 4.79 Å². The van der Waals surface area contributed by atoms with Crippen LogP contribution in [0.1, 0.15) is 33.6 Å². The van der Waals surface area contributed by atoms with E-state index in [1.165, 1.54) is 4.90 Å². The number of rotatable bonds is 2. The number of carbonyl (C=O) groups excluding carboxylic acids is 2. The molecule has 132 valence electrons. The molecule has 0 unspecified atom stereocenters. The van der Waals surface area contributed by atoms with Crippen LogP contribution >= 0.6 is 0 Å². The molecule has 0 bridgehead atoms. The molecule has 0 aromatic heterocycles. The molecular weight excluding hydrogens is 310 g/mol. The molecule has 2 aliphatic rings. The SMILES string of the molecule is CC(C)(C)OC(=O)N1CC[C@@H](C(=O)N2CC(F)(F)C[C@@H]2CO)C1. The summed E-state index contributed by atoms with van der Waals surface area (Å²) in [6.45, 7) is 4.63. The first-order valence-electron chi connectivity index (χ1n) is 7.79. The molecule has 0 saturated carbocycles. The molecule has 2 aliphatic heterocycles. The molecule has 2 atom stereocenters. The summed E-state index contributed by atoms with van der Waals surface area (Å²) in [5.74, 6) is -3.91. The van der Waals surface area contributed by atoms with E-state index in [2.05, 4.69) is 0 Å². The van der Waals surface area contributed by atoms with Gasteiger partial charge >= 0.3 is 6.09 Å². The Bertz CT molecular complexity index is 479. The summed E-state index contributed by atoms with van der Waals surface area (Å²) in [4.78, 5) is 26.9. The molecule has 2 saturated heterocycles. The van der Waals surface area contributed by atoms with Crippen molar-refractivity contribution in [1.29, 1.82) is 0 Å². The Morgan fingerprint density at radius 2 is 2.00 bits per heavy atom. The van der Waals surface area contributed by atoms with E-state index in [0.29, 0.717) is 13.0 Å². The highest BCUT2D eigenvalue weighted by Crippen LogP contribution is 2.34. The number of hydrogen-bond acceptors (Lipinski definition) is 4. The van der Waals surface area contributed by atoms with Crippen molar-refractivity contribution in [2.24, 2.45) is 5.92 Å². The highest BCUT2D eigenvalue weighted by molar-refractivity contribution is 5.81. The fraction of sp³-hybridized carbons (Fsp3) is 0.867. The van der Waals surface area contributed by atoms with Crippen molar-refractivity contribution in [3.63, 3.8) is 0 Å². The van der Waals surface area contributed by atoms with Crippen LogP contribution in [0, 0.1) is 5.92 Å². The first-order valence-corrected chi connectivity index (χ1v) is 7.79. The fourth-order valence-corrected chi connectivity index (χ4v) is 3.01. The van der Waals surface area contributed by atoms with Gasteiger partial charge in [0.05, 0.1) is 25.1 Å². The van der Waals surface area contributed by atoms with Crippen molar-refractivity contribution in [1.82, 2.24) is 9.80 Å². The maximum Gasteiger partial charge on any atom is 0.410 e. The molecule has 23 heavy (non-hydrogen) atoms. The van der Waals surface area contributed by atoms with E-state index in [1.807, 2.05) is 0 Å². The molecule has 0 aliphatic carbocycles. The van der Waals surface area contributed by atoms with Gasteiger partial charge < -0.3 is 19.6 Å². The Morgan fingerprint density at radius 3 is 2.57 bits per heavy atom. The van der Waals surface area contributed by atoms with Crippen molar-refractivity contribution < 1.29 is 28.2 Å². The van der Waals surface area contributed by atoms with E-state index in [9.17, 15) is 23.5 Å². The third kappa shape index (κ3) is 4.31. The smallest absolute Gasteiger partial charge is 0.410 e. The summed E-state index contributed by atoms with van der Waals surface area (Å²) < 4.78 is 32.2. The predicted octanol–water partition coefficient (Wildman–Crippen LogP) is 1.47. The average Bonchev–Trinajstić information content (AvgIpc) is 3.00. The average molecular weight is 334 g/mol. The Morgan fingerprint density at radius 1 is 1.35 bits per heavy atom. The van der Waals surface area contributed by atoms with Crippen LogP contribution in [0.4, 0.5) is 13.6 Å². The van der Waals surface area contributed by atoms with Crippen molar-refractivity contribution in [2.45, 2.75) is 51.2 Å². The van der Waals surface area contributed by atoms with Gasteiger partial charge in [-0.25, -0.2) is 13.6 Å². The quantitative estimate of drug-likeness (QED) is 0.830. The molecule has 0 aromatic rings. The second-order valence-electron chi connectivity index (χ2n) is 7.27. The number of nitrogens with zero attached hydrogens (tertiary/aromatic N) is 2. The number of aliphatic hydroxyl groups excluding tert-OH is 1. The number of ether oxygens (including phenoxy) is 1. The molecule has 2 amide bonds. The van der Waals surface area contributed by atoms with Gasteiger partial charge in [-0.05, 0) is 27.2 Å². The summed E-state index contributed by atoms with van der Waals surface area (Å²) in [5.41, 5.74) is -0.627. The lowest BCUT2D eigenvalue weighted by molar-refractivity contribution is -0.137. The minimum absolute atomic E-state index is 0.161. The number of aliphatic hydroxyl groups is 1. The van der Waals surface area contributed by atoms with Crippen molar-refractivity contribution in [3.05, 3.63) is 0 Å². The van der Waals surface area contributed by atoms with Crippen molar-refractivity contribution in [3.8, 4) is 0 Å². The molecule has 6 nitrogen and oxygen atoms in total. The number of likely N-dealkylation sites (tertiary alicyclic amines) is 2. The minimum atomic E-state index is -2.97. The highest BCUT2D eigenvalue weighted by atomic mass is 19.3. The first-order chi connectivity index (χ1) is 10.5. The number of alkyl halides is 2. The number of carbonyl (C=O) groups is 2. The van der Waals surface area contributed by atoms with Crippen LogP contribution in [0.2, 0.25) is 0 Å². The minimum Gasteiger partial charge on any atom is -0.444 e. The zero-order valence-electron chi connectivity index (χ0n) is 13.7. The molecule has 1 N–H and O–H groups in total. The highest BCUT2D eigenvalue weighted by Gasteiger charge is 2.48. The zero-order valence-corrected chi connectivity index (χ0v) is 13.7. The Kier molecular flexibility index (Phi) is 4.84. The van der Waals surface area contributed by atoms with Crippen LogP contribution in [0.3, 0.4) is 0 Å². The van der Waals surface area contributed by atoms with Gasteiger partial charge in [0.25, 0.3) is 5.92 Å². The number of hydrogen-bond donors (Lipinski definition) is 1. The summed E-state index contributed by atoms with van der Waals surface area (Å²) >= 11 is 0. The molecule has 2 heterocycles. The molecule has 8 heteroatoms. The summed E-state index contributed by atoms with van der Waals surface area (Å²) in [6.07, 6.45) is -0.603. The zero-order chi connectivity index (χ0) is 17.4. The van der Waals surface area contributed by atoms with Gasteiger partial charge in [0.1, 0.15) is 5.60 Å². The predicted molar refractivity (Wildman–Crippen MR) is 78.1 cm³/mol. The molecule has 0 aromatic carbocycles. The lowest BCUT2D eigenvalue weighted by atomic mass is 10.1. The van der Waals surface area contributed by atoms with Gasteiger partial charge in [-0.2, -0.15) is 0 Å². The first kappa shape index (κ1) is 17.9. The van der Waals surface area contributed by atoms with Gasteiger partial charge in [0.2, 0.25) is 5.91 Å². The maximum atomic E-state index is 13.5. The third-order valence-electron chi connectivity index (χ3n) is 4.06. The van der Waals surface area contributed by atoms with Crippen LogP contribution in [-0.4, -0.2) is 70.7 Å². The van der Waals surface area contributed by atoms with Gasteiger partial charge in [0, 0.05) is 19.5 Å². The number of halogens is 2. The number of amides is 2. The Labute approximate surface area is 134 Å². The fourth-order valence-electron chi connectivity index (χ4n) is 3.01. The molecule has 0 radical (unpaired) electrons. The summed E-state index contributed by atoms with van der Waals surface area (Å²) in [6, 6.07) is -0.854. The normalized spacial score (nSPS) is 27.4.